The molecule has 0 fully saturated rings. The Morgan fingerprint density at radius 1 is 1.43 bits per heavy atom. The number of nitrogens with one attached hydrogen (secondary N) is 1. The van der Waals surface area contributed by atoms with Gasteiger partial charge in [0.1, 0.15) is 0 Å². The predicted octanol–water partition coefficient (Wildman–Crippen LogP) is 2.01. The average Bonchev–Trinajstić information content (AvgIpc) is 2.20. The lowest BCUT2D eigenvalue weighted by atomic mass is 10.3. The second kappa shape index (κ2) is 4.50. The minimum atomic E-state index is -0.427. The van der Waals surface area contributed by atoms with Crippen LogP contribution in [0.4, 0.5) is 10.5 Å². The number of benzene rings is 1. The van der Waals surface area contributed by atoms with Crippen LogP contribution in [0.25, 0.3) is 0 Å². The Morgan fingerprint density at radius 3 is 2.57 bits per heavy atom. The Balaban J connectivity index is 2.96. The Hall–Kier alpha value is -0.970. The molecule has 14 heavy (non-hydrogen) atoms. The maximum Gasteiger partial charge on any atom is 0.336 e. The molecule has 0 heterocycles. The van der Waals surface area contributed by atoms with Crippen LogP contribution >= 0.6 is 23.2 Å². The van der Waals surface area contributed by atoms with Gasteiger partial charge in [-0.2, -0.15) is 0 Å². The minimum absolute atomic E-state index is 0.350. The van der Waals surface area contributed by atoms with Crippen molar-refractivity contribution in [3.63, 3.8) is 0 Å². The van der Waals surface area contributed by atoms with Gasteiger partial charge in [0.15, 0.2) is 0 Å². The first-order valence-corrected chi connectivity index (χ1v) is 4.53. The SMILES string of the molecule is CNC(=O)N(N)c1ccc(Cl)c(Cl)c1. The van der Waals surface area contributed by atoms with E-state index in [1.54, 1.807) is 12.1 Å². The van der Waals surface area contributed by atoms with Crippen LogP contribution in [0, 0.1) is 0 Å². The van der Waals surface area contributed by atoms with Crippen molar-refractivity contribution in [2.75, 3.05) is 12.1 Å². The third-order valence-corrected chi connectivity index (χ3v) is 2.35. The van der Waals surface area contributed by atoms with E-state index >= 15 is 0 Å². The fraction of sp³-hybridized carbons (Fsp3) is 0.125. The standard InChI is InChI=1S/C8H9Cl2N3O/c1-12-8(14)13(11)5-2-3-6(9)7(10)4-5/h2-4H,11H2,1H3,(H,12,14). The molecule has 0 aromatic heterocycles. The summed E-state index contributed by atoms with van der Waals surface area (Å²) in [6.45, 7) is 0. The predicted molar refractivity (Wildman–Crippen MR) is 57.6 cm³/mol. The molecule has 0 saturated heterocycles. The van der Waals surface area contributed by atoms with Gasteiger partial charge in [-0.25, -0.2) is 15.6 Å². The van der Waals surface area contributed by atoms with Crippen molar-refractivity contribution in [3.8, 4) is 0 Å². The van der Waals surface area contributed by atoms with E-state index in [0.29, 0.717) is 15.7 Å². The quantitative estimate of drug-likeness (QED) is 0.443. The molecule has 0 aliphatic heterocycles. The van der Waals surface area contributed by atoms with Gasteiger partial charge in [-0.1, -0.05) is 23.2 Å². The average molecular weight is 234 g/mol. The first-order valence-electron chi connectivity index (χ1n) is 3.78. The van der Waals surface area contributed by atoms with Crippen LogP contribution in [-0.2, 0) is 0 Å². The topological polar surface area (TPSA) is 58.4 Å². The second-order valence-electron chi connectivity index (χ2n) is 2.52. The number of hydrazine groups is 1. The third-order valence-electron chi connectivity index (χ3n) is 1.61. The van der Waals surface area contributed by atoms with Gasteiger partial charge in [0.05, 0.1) is 15.7 Å². The summed E-state index contributed by atoms with van der Waals surface area (Å²) in [4.78, 5) is 11.1. The summed E-state index contributed by atoms with van der Waals surface area (Å²) < 4.78 is 0. The van der Waals surface area contributed by atoms with E-state index in [-0.39, 0.29) is 0 Å². The van der Waals surface area contributed by atoms with E-state index in [4.69, 9.17) is 29.0 Å². The molecule has 0 bridgehead atoms. The summed E-state index contributed by atoms with van der Waals surface area (Å²) in [5, 5.41) is 4.10. The molecule has 0 unspecified atom stereocenters. The molecule has 0 aliphatic carbocycles. The van der Waals surface area contributed by atoms with E-state index in [0.717, 1.165) is 5.01 Å². The highest BCUT2D eigenvalue weighted by molar-refractivity contribution is 6.42. The van der Waals surface area contributed by atoms with Crippen molar-refractivity contribution in [2.24, 2.45) is 5.84 Å². The highest BCUT2D eigenvalue weighted by Crippen LogP contribution is 2.26. The molecule has 3 N–H and O–H groups in total. The highest BCUT2D eigenvalue weighted by atomic mass is 35.5. The van der Waals surface area contributed by atoms with Gasteiger partial charge in [-0.05, 0) is 18.2 Å². The fourth-order valence-corrected chi connectivity index (χ4v) is 1.16. The summed E-state index contributed by atoms with van der Waals surface area (Å²) in [5.74, 6) is 5.49. The zero-order chi connectivity index (χ0) is 10.7. The molecular weight excluding hydrogens is 225 g/mol. The Kier molecular flexibility index (Phi) is 3.57. The van der Waals surface area contributed by atoms with E-state index in [9.17, 15) is 4.79 Å². The molecule has 1 aromatic rings. The molecule has 1 rings (SSSR count). The maximum atomic E-state index is 11.1. The molecule has 0 atom stereocenters. The van der Waals surface area contributed by atoms with Crippen LogP contribution in [0.2, 0.25) is 10.0 Å². The zero-order valence-corrected chi connectivity index (χ0v) is 8.93. The van der Waals surface area contributed by atoms with Gasteiger partial charge >= 0.3 is 6.03 Å². The Bertz CT molecular complexity index is 356. The van der Waals surface area contributed by atoms with Gasteiger partial charge < -0.3 is 5.32 Å². The first kappa shape index (κ1) is 11.1. The number of nitrogens with zero attached hydrogens (tertiary/aromatic N) is 1. The van der Waals surface area contributed by atoms with E-state index in [1.165, 1.54) is 13.1 Å². The number of nitrogens with two attached hydrogens (primary N) is 1. The molecule has 6 heteroatoms. The number of urea groups is 1. The molecule has 0 radical (unpaired) electrons. The number of anilines is 1. The molecular formula is C8H9Cl2N3O. The molecule has 4 nitrogen and oxygen atoms in total. The molecule has 0 spiro atoms. The Morgan fingerprint density at radius 2 is 2.07 bits per heavy atom. The van der Waals surface area contributed by atoms with Crippen molar-refractivity contribution in [1.82, 2.24) is 5.32 Å². The summed E-state index contributed by atoms with van der Waals surface area (Å²) in [7, 11) is 1.49. The molecule has 0 aliphatic rings. The van der Waals surface area contributed by atoms with Gasteiger partial charge in [-0.3, -0.25) is 0 Å². The normalized spacial score (nSPS) is 9.71. The molecule has 76 valence electrons. The minimum Gasteiger partial charge on any atom is -0.340 e. The number of carbonyl (C=O) groups excluding carboxylic acids is 1. The largest absolute Gasteiger partial charge is 0.340 e. The van der Waals surface area contributed by atoms with Gasteiger partial charge in [-0.15, -0.1) is 0 Å². The lowest BCUT2D eigenvalue weighted by molar-refractivity contribution is 0.248. The maximum absolute atomic E-state index is 11.1. The third kappa shape index (κ3) is 2.29. The zero-order valence-electron chi connectivity index (χ0n) is 7.42. The lowest BCUT2D eigenvalue weighted by Crippen LogP contribution is -2.43. The van der Waals surface area contributed by atoms with E-state index < -0.39 is 6.03 Å². The van der Waals surface area contributed by atoms with Crippen LogP contribution in [0.3, 0.4) is 0 Å². The first-order chi connectivity index (χ1) is 6.56. The van der Waals surface area contributed by atoms with Crippen LogP contribution in [0.5, 0.6) is 0 Å². The summed E-state index contributed by atoms with van der Waals surface area (Å²) >= 11 is 11.5. The fourth-order valence-electron chi connectivity index (χ4n) is 0.873. The van der Waals surface area contributed by atoms with Gasteiger partial charge in [0.25, 0.3) is 0 Å². The summed E-state index contributed by atoms with van der Waals surface area (Å²) in [6.07, 6.45) is 0. The van der Waals surface area contributed by atoms with Gasteiger partial charge in [0, 0.05) is 7.05 Å². The second-order valence-corrected chi connectivity index (χ2v) is 3.34. The number of carbonyl (C=O) groups is 1. The van der Waals surface area contributed by atoms with Crippen LogP contribution in [0.15, 0.2) is 18.2 Å². The van der Waals surface area contributed by atoms with E-state index in [2.05, 4.69) is 5.32 Å². The van der Waals surface area contributed by atoms with Crippen LogP contribution in [-0.4, -0.2) is 13.1 Å². The molecule has 1 aromatic carbocycles. The van der Waals surface area contributed by atoms with Crippen molar-refractivity contribution in [1.29, 1.82) is 0 Å². The monoisotopic (exact) mass is 233 g/mol. The molecule has 0 saturated carbocycles. The van der Waals surface area contributed by atoms with Crippen molar-refractivity contribution in [2.45, 2.75) is 0 Å². The number of rotatable bonds is 1. The highest BCUT2D eigenvalue weighted by Gasteiger charge is 2.10. The number of hydrogen-bond acceptors (Lipinski definition) is 2. The molecule has 2 amide bonds. The lowest BCUT2D eigenvalue weighted by Gasteiger charge is -2.16. The van der Waals surface area contributed by atoms with E-state index in [1.807, 2.05) is 0 Å². The van der Waals surface area contributed by atoms with Crippen molar-refractivity contribution < 1.29 is 4.79 Å². The summed E-state index contributed by atoms with van der Waals surface area (Å²) in [5.41, 5.74) is 0.471. The van der Waals surface area contributed by atoms with Crippen molar-refractivity contribution in [3.05, 3.63) is 28.2 Å². The van der Waals surface area contributed by atoms with Gasteiger partial charge in [0.2, 0.25) is 0 Å². The number of hydrogen-bond donors (Lipinski definition) is 2. The number of halogens is 2. The smallest absolute Gasteiger partial charge is 0.336 e. The van der Waals surface area contributed by atoms with Crippen LogP contribution in [0.1, 0.15) is 0 Å². The number of amides is 2. The van der Waals surface area contributed by atoms with Crippen molar-refractivity contribution >= 4 is 34.9 Å². The Labute approximate surface area is 91.5 Å². The summed E-state index contributed by atoms with van der Waals surface area (Å²) in [6, 6.07) is 4.26. The van der Waals surface area contributed by atoms with Crippen LogP contribution < -0.4 is 16.2 Å².